The third-order valence-corrected chi connectivity index (χ3v) is 6.19. The van der Waals surface area contributed by atoms with Crippen molar-refractivity contribution in [2.24, 2.45) is 16.7 Å². The van der Waals surface area contributed by atoms with Crippen LogP contribution < -0.4 is 0 Å². The van der Waals surface area contributed by atoms with Crippen LogP contribution in [0.5, 0.6) is 0 Å². The molecule has 0 unspecified atom stereocenters. The minimum absolute atomic E-state index is 0.484. The van der Waals surface area contributed by atoms with Crippen LogP contribution in [0.3, 0.4) is 0 Å². The molecular formula is C15H31N2+. The van der Waals surface area contributed by atoms with Crippen molar-refractivity contribution in [1.29, 1.82) is 0 Å². The zero-order valence-electron chi connectivity index (χ0n) is 13.0. The second kappa shape index (κ2) is 3.48. The molecule has 17 heavy (non-hydrogen) atoms. The Kier molecular flexibility index (Phi) is 2.73. The monoisotopic (exact) mass is 239 g/mol. The highest BCUT2D eigenvalue weighted by Crippen LogP contribution is 2.67. The molecule has 0 amide bonds. The molecule has 2 aliphatic rings. The molecule has 2 nitrogen and oxygen atoms in total. The summed E-state index contributed by atoms with van der Waals surface area (Å²) in [7, 11) is 11.7. The van der Waals surface area contributed by atoms with E-state index < -0.39 is 0 Å². The summed E-state index contributed by atoms with van der Waals surface area (Å²) in [4.78, 5) is 2.49. The van der Waals surface area contributed by atoms with E-state index in [1.54, 1.807) is 0 Å². The summed E-state index contributed by atoms with van der Waals surface area (Å²) in [6, 6.07) is 1.50. The Bertz CT molecular complexity index is 313. The minimum atomic E-state index is 0.484. The first kappa shape index (κ1) is 13.4. The van der Waals surface area contributed by atoms with Crippen molar-refractivity contribution in [3.63, 3.8) is 0 Å². The number of nitrogens with zero attached hydrogens (tertiary/aromatic N) is 2. The fourth-order valence-electron chi connectivity index (χ4n) is 5.24. The highest BCUT2D eigenvalue weighted by molar-refractivity contribution is 5.17. The maximum Gasteiger partial charge on any atom is 0.110 e. The summed E-state index contributed by atoms with van der Waals surface area (Å²) in [6.07, 6.45) is 2.83. The highest BCUT2D eigenvalue weighted by Gasteiger charge is 2.70. The van der Waals surface area contributed by atoms with E-state index in [1.807, 2.05) is 0 Å². The third kappa shape index (κ3) is 1.53. The van der Waals surface area contributed by atoms with Crippen molar-refractivity contribution < 1.29 is 4.48 Å². The number of likely N-dealkylation sites (N-methyl/N-ethyl adjacent to an activating group) is 2. The quantitative estimate of drug-likeness (QED) is 0.669. The molecule has 0 radical (unpaired) electrons. The van der Waals surface area contributed by atoms with Crippen LogP contribution in [0.4, 0.5) is 0 Å². The molecule has 2 fully saturated rings. The SMILES string of the molecule is CN(C)[C@@H]1[C@H]2CC[C@@](C)([C@@H]1[N+](C)(C)C)C2(C)C. The number of hydrogen-bond donors (Lipinski definition) is 0. The van der Waals surface area contributed by atoms with Gasteiger partial charge in [0.2, 0.25) is 0 Å². The lowest BCUT2D eigenvalue weighted by Gasteiger charge is -2.48. The zero-order valence-corrected chi connectivity index (χ0v) is 13.0. The van der Waals surface area contributed by atoms with Crippen LogP contribution >= 0.6 is 0 Å². The van der Waals surface area contributed by atoms with Crippen molar-refractivity contribution >= 4 is 0 Å². The van der Waals surface area contributed by atoms with Gasteiger partial charge >= 0.3 is 0 Å². The Morgan fingerprint density at radius 2 is 1.59 bits per heavy atom. The Labute approximate surface area is 108 Å². The first-order valence-electron chi connectivity index (χ1n) is 7.01. The van der Waals surface area contributed by atoms with Crippen molar-refractivity contribution in [2.75, 3.05) is 35.2 Å². The van der Waals surface area contributed by atoms with Gasteiger partial charge in [-0.3, -0.25) is 0 Å². The molecule has 0 spiro atoms. The summed E-state index contributed by atoms with van der Waals surface area (Å²) < 4.78 is 1.10. The van der Waals surface area contributed by atoms with Crippen molar-refractivity contribution in [2.45, 2.75) is 45.7 Å². The van der Waals surface area contributed by atoms with Gasteiger partial charge in [0.1, 0.15) is 6.04 Å². The average Bonchev–Trinajstić information content (AvgIpc) is 2.44. The summed E-state index contributed by atoms with van der Waals surface area (Å²) in [5.41, 5.74) is 0.975. The van der Waals surface area contributed by atoms with Crippen LogP contribution in [0.2, 0.25) is 0 Å². The van der Waals surface area contributed by atoms with E-state index in [9.17, 15) is 0 Å². The molecule has 0 saturated heterocycles. The van der Waals surface area contributed by atoms with E-state index in [1.165, 1.54) is 12.8 Å². The molecule has 0 N–H and O–H groups in total. The van der Waals surface area contributed by atoms with Crippen molar-refractivity contribution in [3.8, 4) is 0 Å². The average molecular weight is 239 g/mol. The van der Waals surface area contributed by atoms with Gasteiger partial charge in [0.05, 0.1) is 27.2 Å². The highest BCUT2D eigenvalue weighted by atomic mass is 15.4. The van der Waals surface area contributed by atoms with E-state index >= 15 is 0 Å². The number of rotatable bonds is 2. The summed E-state index contributed by atoms with van der Waals surface area (Å²) in [5.74, 6) is 0.866. The van der Waals surface area contributed by atoms with Gasteiger partial charge in [-0.25, -0.2) is 0 Å². The van der Waals surface area contributed by atoms with Gasteiger partial charge in [-0.15, -0.1) is 0 Å². The number of hydrogen-bond acceptors (Lipinski definition) is 1. The molecule has 2 saturated carbocycles. The van der Waals surface area contributed by atoms with Crippen LogP contribution in [0.1, 0.15) is 33.6 Å². The molecule has 0 aromatic carbocycles. The van der Waals surface area contributed by atoms with Gasteiger partial charge in [-0.05, 0) is 38.3 Å². The van der Waals surface area contributed by atoms with Gasteiger partial charge in [0.25, 0.3) is 0 Å². The van der Waals surface area contributed by atoms with E-state index in [2.05, 4.69) is 60.9 Å². The molecular weight excluding hydrogens is 208 g/mol. The van der Waals surface area contributed by atoms with E-state index in [0.29, 0.717) is 10.8 Å². The minimum Gasteiger partial charge on any atom is -0.327 e. The second-order valence-corrected chi connectivity index (χ2v) is 8.30. The topological polar surface area (TPSA) is 3.24 Å². The fraction of sp³-hybridized carbons (Fsp3) is 1.00. The van der Waals surface area contributed by atoms with Crippen LogP contribution in [-0.4, -0.2) is 56.7 Å². The van der Waals surface area contributed by atoms with Crippen LogP contribution in [-0.2, 0) is 0 Å². The molecule has 2 bridgehead atoms. The fourth-order valence-corrected chi connectivity index (χ4v) is 5.24. The zero-order chi connectivity index (χ0) is 13.2. The number of quaternary nitrogens is 1. The molecule has 100 valence electrons. The van der Waals surface area contributed by atoms with Gasteiger partial charge in [0, 0.05) is 5.41 Å². The Hall–Kier alpha value is -0.0800. The lowest BCUT2D eigenvalue weighted by molar-refractivity contribution is -0.905. The first-order chi connectivity index (χ1) is 7.53. The Balaban J connectivity index is 2.50. The maximum atomic E-state index is 2.55. The predicted octanol–water partition coefficient (Wildman–Crippen LogP) is 2.45. The van der Waals surface area contributed by atoms with Gasteiger partial charge in [-0.2, -0.15) is 0 Å². The summed E-state index contributed by atoms with van der Waals surface area (Å²) >= 11 is 0. The molecule has 2 heteroatoms. The van der Waals surface area contributed by atoms with Crippen LogP contribution in [0.25, 0.3) is 0 Å². The second-order valence-electron chi connectivity index (χ2n) is 8.30. The smallest absolute Gasteiger partial charge is 0.110 e. The number of fused-ring (bicyclic) bond motifs is 2. The Morgan fingerprint density at radius 3 is 1.94 bits per heavy atom. The van der Waals surface area contributed by atoms with Gasteiger partial charge in [-0.1, -0.05) is 20.8 Å². The third-order valence-electron chi connectivity index (χ3n) is 6.19. The lowest BCUT2D eigenvalue weighted by atomic mass is 9.68. The molecule has 4 atom stereocenters. The van der Waals surface area contributed by atoms with Gasteiger partial charge < -0.3 is 9.38 Å². The van der Waals surface area contributed by atoms with Crippen molar-refractivity contribution in [3.05, 3.63) is 0 Å². The molecule has 2 aliphatic carbocycles. The predicted molar refractivity (Wildman–Crippen MR) is 73.9 cm³/mol. The summed E-state index contributed by atoms with van der Waals surface area (Å²) in [6.45, 7) is 7.57. The van der Waals surface area contributed by atoms with Crippen molar-refractivity contribution in [1.82, 2.24) is 4.90 Å². The lowest BCUT2D eigenvalue weighted by Crippen LogP contribution is -2.61. The molecule has 0 aromatic heterocycles. The van der Waals surface area contributed by atoms with E-state index in [0.717, 1.165) is 22.5 Å². The first-order valence-corrected chi connectivity index (χ1v) is 7.01. The maximum absolute atomic E-state index is 2.55. The normalized spacial score (nSPS) is 44.6. The Morgan fingerprint density at radius 1 is 1.06 bits per heavy atom. The van der Waals surface area contributed by atoms with E-state index in [-0.39, 0.29) is 0 Å². The van der Waals surface area contributed by atoms with E-state index in [4.69, 9.17) is 0 Å². The molecule has 0 aromatic rings. The standard InChI is InChI=1S/C15H31N2/c1-14(2)11-9-10-15(14,3)13(17(6,7)8)12(11)16(4)5/h11-13H,9-10H2,1-8H3/q+1/t11-,12-,13-,15+/m1/s1. The molecule has 0 aliphatic heterocycles. The molecule has 0 heterocycles. The molecule has 2 rings (SSSR count). The van der Waals surface area contributed by atoms with Gasteiger partial charge in [0.15, 0.2) is 0 Å². The largest absolute Gasteiger partial charge is 0.327 e. The summed E-state index contributed by atoms with van der Waals surface area (Å²) in [5, 5.41) is 0. The van der Waals surface area contributed by atoms with Crippen LogP contribution in [0.15, 0.2) is 0 Å². The van der Waals surface area contributed by atoms with Crippen LogP contribution in [0, 0.1) is 16.7 Å².